The lowest BCUT2D eigenvalue weighted by atomic mass is 10.1. The van der Waals surface area contributed by atoms with E-state index < -0.39 is 5.82 Å². The second-order valence-electron chi connectivity index (χ2n) is 6.46. The third-order valence-electron chi connectivity index (χ3n) is 4.45. The summed E-state index contributed by atoms with van der Waals surface area (Å²) < 4.78 is 15.9. The van der Waals surface area contributed by atoms with Crippen LogP contribution >= 0.6 is 23.4 Å². The van der Waals surface area contributed by atoms with Crippen molar-refractivity contribution in [2.75, 3.05) is 20.1 Å². The fourth-order valence-corrected chi connectivity index (χ4v) is 4.23. The molecule has 1 N–H and O–H groups in total. The molecule has 0 saturated heterocycles. The summed E-state index contributed by atoms with van der Waals surface area (Å²) in [5.41, 5.74) is 1.55. The Hall–Kier alpha value is -2.39. The summed E-state index contributed by atoms with van der Waals surface area (Å²) in [4.78, 5) is 19.1. The summed E-state index contributed by atoms with van der Waals surface area (Å²) in [6.07, 6.45) is 4.08. The van der Waals surface area contributed by atoms with Crippen LogP contribution in [0.25, 0.3) is 5.69 Å². The molecule has 1 aromatic carbocycles. The van der Waals surface area contributed by atoms with E-state index in [0.29, 0.717) is 23.6 Å². The normalized spacial score (nSPS) is 19.0. The summed E-state index contributed by atoms with van der Waals surface area (Å²) in [6, 6.07) is 4.91. The average molecular weight is 421 g/mol. The van der Waals surface area contributed by atoms with Gasteiger partial charge >= 0.3 is 0 Å². The van der Waals surface area contributed by atoms with Gasteiger partial charge in [-0.2, -0.15) is 0 Å². The number of halogens is 2. The SMILES string of the molecule is CN1CCN=C1c1ccc(-n2cc(CNC(=O)C3=CCC(Cl)S3)nn2)c(F)c1. The number of thioether (sulfide) groups is 1. The number of amidine groups is 1. The average Bonchev–Trinajstić information content (AvgIpc) is 3.41. The Bertz CT molecular complexity index is 975. The molecule has 1 atom stereocenters. The van der Waals surface area contributed by atoms with Crippen LogP contribution in [0.3, 0.4) is 0 Å². The van der Waals surface area contributed by atoms with Crippen LogP contribution in [0.15, 0.2) is 40.4 Å². The molecule has 0 fully saturated rings. The molecule has 2 aliphatic heterocycles. The minimum atomic E-state index is -0.415. The zero-order valence-electron chi connectivity index (χ0n) is 15.1. The van der Waals surface area contributed by atoms with Crippen LogP contribution in [0, 0.1) is 5.82 Å². The molecular formula is C18H18ClFN6OS. The van der Waals surface area contributed by atoms with E-state index in [9.17, 15) is 9.18 Å². The van der Waals surface area contributed by atoms with Crippen molar-refractivity contribution in [2.24, 2.45) is 4.99 Å². The summed E-state index contributed by atoms with van der Waals surface area (Å²) in [7, 11) is 1.93. The number of carbonyl (C=O) groups is 1. The van der Waals surface area contributed by atoms with E-state index in [1.807, 2.05) is 24.1 Å². The Labute approximate surface area is 170 Å². The molecule has 28 heavy (non-hydrogen) atoms. The number of carbonyl (C=O) groups excluding carboxylic acids is 1. The molecule has 3 heterocycles. The summed E-state index contributed by atoms with van der Waals surface area (Å²) in [6.45, 7) is 1.75. The molecule has 2 aromatic rings. The van der Waals surface area contributed by atoms with E-state index in [-0.39, 0.29) is 22.8 Å². The van der Waals surface area contributed by atoms with E-state index in [2.05, 4.69) is 20.6 Å². The highest BCUT2D eigenvalue weighted by Crippen LogP contribution is 2.34. The van der Waals surface area contributed by atoms with Gasteiger partial charge in [0.25, 0.3) is 5.91 Å². The number of hydrogen-bond acceptors (Lipinski definition) is 6. The smallest absolute Gasteiger partial charge is 0.257 e. The molecule has 0 radical (unpaired) electrons. The van der Waals surface area contributed by atoms with Crippen LogP contribution in [0.5, 0.6) is 0 Å². The quantitative estimate of drug-likeness (QED) is 0.751. The molecule has 1 amide bonds. The van der Waals surface area contributed by atoms with Crippen LogP contribution in [0.1, 0.15) is 17.7 Å². The lowest BCUT2D eigenvalue weighted by Crippen LogP contribution is -2.23. The van der Waals surface area contributed by atoms with Gasteiger partial charge in [0.05, 0.1) is 28.9 Å². The molecule has 146 valence electrons. The Morgan fingerprint density at radius 3 is 3.00 bits per heavy atom. The van der Waals surface area contributed by atoms with E-state index in [0.717, 1.165) is 17.9 Å². The van der Waals surface area contributed by atoms with Gasteiger partial charge in [0.2, 0.25) is 0 Å². The van der Waals surface area contributed by atoms with Gasteiger partial charge in [-0.3, -0.25) is 9.79 Å². The first-order valence-electron chi connectivity index (χ1n) is 8.77. The third-order valence-corrected chi connectivity index (χ3v) is 5.95. The van der Waals surface area contributed by atoms with E-state index >= 15 is 0 Å². The number of alkyl halides is 1. The van der Waals surface area contributed by atoms with Gasteiger partial charge in [0.15, 0.2) is 0 Å². The molecule has 0 bridgehead atoms. The van der Waals surface area contributed by atoms with Crippen molar-refractivity contribution in [3.05, 3.63) is 52.5 Å². The summed E-state index contributed by atoms with van der Waals surface area (Å²) in [5, 5.41) is 10.8. The van der Waals surface area contributed by atoms with Gasteiger partial charge in [-0.05, 0) is 24.6 Å². The number of aliphatic imine (C=N–C) groups is 1. The van der Waals surface area contributed by atoms with Crippen molar-refractivity contribution in [1.82, 2.24) is 25.2 Å². The third kappa shape index (κ3) is 3.90. The van der Waals surface area contributed by atoms with E-state index in [1.165, 1.54) is 22.5 Å². The van der Waals surface area contributed by atoms with Crippen molar-refractivity contribution < 1.29 is 9.18 Å². The molecule has 10 heteroatoms. The van der Waals surface area contributed by atoms with Gasteiger partial charge in [0.1, 0.15) is 23.0 Å². The lowest BCUT2D eigenvalue weighted by molar-refractivity contribution is -0.117. The first-order chi connectivity index (χ1) is 13.5. The summed E-state index contributed by atoms with van der Waals surface area (Å²) >= 11 is 7.31. The van der Waals surface area contributed by atoms with Gasteiger partial charge in [-0.15, -0.1) is 28.5 Å². The number of likely N-dealkylation sites (N-methyl/N-ethyl adjacent to an activating group) is 1. The number of hydrogen-bond donors (Lipinski definition) is 1. The first-order valence-corrected chi connectivity index (χ1v) is 10.1. The predicted octanol–water partition coefficient (Wildman–Crippen LogP) is 2.30. The Morgan fingerprint density at radius 2 is 2.32 bits per heavy atom. The second-order valence-corrected chi connectivity index (χ2v) is 8.49. The van der Waals surface area contributed by atoms with E-state index in [1.54, 1.807) is 12.3 Å². The Balaban J connectivity index is 1.43. The maximum Gasteiger partial charge on any atom is 0.257 e. The maximum atomic E-state index is 14.6. The largest absolute Gasteiger partial charge is 0.358 e. The molecule has 0 spiro atoms. The number of allylic oxidation sites excluding steroid dienone is 1. The van der Waals surface area contributed by atoms with Crippen molar-refractivity contribution >= 4 is 35.1 Å². The van der Waals surface area contributed by atoms with Gasteiger partial charge < -0.3 is 10.2 Å². The minimum absolute atomic E-state index is 0.0949. The first kappa shape index (κ1) is 18.9. The number of amides is 1. The fourth-order valence-electron chi connectivity index (χ4n) is 3.01. The van der Waals surface area contributed by atoms with Gasteiger partial charge in [0, 0.05) is 19.2 Å². The zero-order valence-corrected chi connectivity index (χ0v) is 16.7. The maximum absolute atomic E-state index is 14.6. The number of nitrogens with zero attached hydrogens (tertiary/aromatic N) is 5. The monoisotopic (exact) mass is 420 g/mol. The predicted molar refractivity (Wildman–Crippen MR) is 107 cm³/mol. The number of aromatic nitrogens is 3. The second kappa shape index (κ2) is 7.92. The number of rotatable bonds is 5. The highest BCUT2D eigenvalue weighted by molar-refractivity contribution is 8.05. The molecule has 4 rings (SSSR count). The van der Waals surface area contributed by atoms with Gasteiger partial charge in [-0.1, -0.05) is 11.3 Å². The fraction of sp³-hybridized carbons (Fsp3) is 0.333. The van der Waals surface area contributed by atoms with Crippen LogP contribution < -0.4 is 5.32 Å². The highest BCUT2D eigenvalue weighted by Gasteiger charge is 2.21. The Morgan fingerprint density at radius 1 is 1.46 bits per heavy atom. The highest BCUT2D eigenvalue weighted by atomic mass is 35.5. The molecule has 2 aliphatic rings. The van der Waals surface area contributed by atoms with Crippen LogP contribution in [-0.2, 0) is 11.3 Å². The molecule has 0 saturated carbocycles. The minimum Gasteiger partial charge on any atom is -0.358 e. The van der Waals surface area contributed by atoms with Crippen LogP contribution in [0.2, 0.25) is 0 Å². The Kier molecular flexibility index (Phi) is 5.36. The van der Waals surface area contributed by atoms with Crippen molar-refractivity contribution in [3.63, 3.8) is 0 Å². The van der Waals surface area contributed by atoms with Crippen molar-refractivity contribution in [1.29, 1.82) is 0 Å². The lowest BCUT2D eigenvalue weighted by Gasteiger charge is -2.14. The number of benzene rings is 1. The molecule has 1 aromatic heterocycles. The van der Waals surface area contributed by atoms with Crippen molar-refractivity contribution in [3.8, 4) is 5.69 Å². The molecule has 7 nitrogen and oxygen atoms in total. The number of nitrogens with one attached hydrogen (secondary N) is 1. The zero-order chi connectivity index (χ0) is 19.7. The molecule has 1 unspecified atom stereocenters. The van der Waals surface area contributed by atoms with E-state index in [4.69, 9.17) is 11.6 Å². The molecule has 0 aliphatic carbocycles. The van der Waals surface area contributed by atoms with Crippen LogP contribution in [-0.4, -0.2) is 56.5 Å². The van der Waals surface area contributed by atoms with Crippen LogP contribution in [0.4, 0.5) is 4.39 Å². The van der Waals surface area contributed by atoms with Gasteiger partial charge in [-0.25, -0.2) is 9.07 Å². The van der Waals surface area contributed by atoms with Crippen molar-refractivity contribution in [2.45, 2.75) is 17.7 Å². The molecular weight excluding hydrogens is 403 g/mol. The topological polar surface area (TPSA) is 75.4 Å². The standard InChI is InChI=1S/C18H18ClFN6OS/c1-25-7-6-21-17(25)11-2-3-14(13(20)8-11)26-10-12(23-24-26)9-22-18(27)15-4-5-16(19)28-15/h2-4,8,10,16H,5-7,9H2,1H3,(H,22,27). The summed E-state index contributed by atoms with van der Waals surface area (Å²) in [5.74, 6) is 0.173.